The molecule has 2 aliphatic rings. The minimum atomic E-state index is -4.43. The van der Waals surface area contributed by atoms with Gasteiger partial charge in [-0.15, -0.1) is 0 Å². The molecule has 21 heavy (non-hydrogen) atoms. The van der Waals surface area contributed by atoms with Crippen LogP contribution in [-0.2, 0) is 15.8 Å². The number of carbonyl (C=O) groups excluding carboxylic acids is 2. The Morgan fingerprint density at radius 2 is 1.57 bits per heavy atom. The lowest BCUT2D eigenvalue weighted by Gasteiger charge is -2.21. The SMILES string of the molecule is O=C1CC2(CCCC2)C(=O)N1c1ccc(C(F)(F)F)cc1. The number of amides is 2. The zero-order valence-corrected chi connectivity index (χ0v) is 11.2. The Labute approximate surface area is 119 Å². The van der Waals surface area contributed by atoms with Crippen molar-refractivity contribution in [3.05, 3.63) is 29.8 Å². The number of nitrogens with zero attached hydrogens (tertiary/aromatic N) is 1. The second-order valence-corrected chi connectivity index (χ2v) is 5.74. The summed E-state index contributed by atoms with van der Waals surface area (Å²) in [6, 6.07) is 4.17. The Morgan fingerprint density at radius 3 is 2.10 bits per heavy atom. The molecule has 1 aliphatic carbocycles. The van der Waals surface area contributed by atoms with Crippen LogP contribution in [0.1, 0.15) is 37.7 Å². The van der Waals surface area contributed by atoms with E-state index in [4.69, 9.17) is 0 Å². The average Bonchev–Trinajstić information content (AvgIpc) is 2.96. The first-order chi connectivity index (χ1) is 9.83. The molecule has 1 aliphatic heterocycles. The lowest BCUT2D eigenvalue weighted by molar-refractivity contribution is -0.137. The standard InChI is InChI=1S/C15H14F3NO2/c16-15(17,18)10-3-5-11(6-4-10)19-12(20)9-14(13(19)21)7-1-2-8-14/h3-6H,1-2,7-9H2. The minimum absolute atomic E-state index is 0.173. The van der Waals surface area contributed by atoms with Gasteiger partial charge in [0.25, 0.3) is 0 Å². The van der Waals surface area contributed by atoms with Crippen molar-refractivity contribution in [3.63, 3.8) is 0 Å². The molecule has 1 spiro atoms. The number of carbonyl (C=O) groups is 2. The van der Waals surface area contributed by atoms with E-state index in [1.165, 1.54) is 12.1 Å². The molecule has 0 aromatic heterocycles. The molecule has 1 saturated heterocycles. The second-order valence-electron chi connectivity index (χ2n) is 5.74. The highest BCUT2D eigenvalue weighted by molar-refractivity contribution is 6.22. The summed E-state index contributed by atoms with van der Waals surface area (Å²) in [5.74, 6) is -0.577. The van der Waals surface area contributed by atoms with E-state index in [-0.39, 0.29) is 23.9 Å². The van der Waals surface area contributed by atoms with Crippen molar-refractivity contribution in [2.45, 2.75) is 38.3 Å². The summed E-state index contributed by atoms with van der Waals surface area (Å²) in [6.07, 6.45) is -1.04. The van der Waals surface area contributed by atoms with Crippen molar-refractivity contribution in [3.8, 4) is 0 Å². The molecule has 1 aromatic rings. The molecule has 0 bridgehead atoms. The Hall–Kier alpha value is -1.85. The number of halogens is 3. The average molecular weight is 297 g/mol. The highest BCUT2D eigenvalue weighted by Crippen LogP contribution is 2.48. The van der Waals surface area contributed by atoms with Gasteiger partial charge in [0.05, 0.1) is 16.7 Å². The maximum atomic E-state index is 12.5. The highest BCUT2D eigenvalue weighted by Gasteiger charge is 2.53. The van der Waals surface area contributed by atoms with Crippen LogP contribution in [-0.4, -0.2) is 11.8 Å². The molecule has 0 radical (unpaired) electrons. The lowest BCUT2D eigenvalue weighted by Crippen LogP contribution is -2.34. The summed E-state index contributed by atoms with van der Waals surface area (Å²) in [5, 5.41) is 0. The molecular formula is C15H14F3NO2. The Balaban J connectivity index is 1.90. The van der Waals surface area contributed by atoms with Crippen LogP contribution in [0.15, 0.2) is 24.3 Å². The molecule has 0 N–H and O–H groups in total. The predicted octanol–water partition coefficient (Wildman–Crippen LogP) is 3.53. The first-order valence-electron chi connectivity index (χ1n) is 6.88. The summed E-state index contributed by atoms with van der Waals surface area (Å²) >= 11 is 0. The van der Waals surface area contributed by atoms with E-state index in [0.29, 0.717) is 12.8 Å². The van der Waals surface area contributed by atoms with Gasteiger partial charge in [-0.1, -0.05) is 12.8 Å². The molecule has 1 heterocycles. The topological polar surface area (TPSA) is 37.4 Å². The van der Waals surface area contributed by atoms with Gasteiger partial charge < -0.3 is 0 Å². The summed E-state index contributed by atoms with van der Waals surface area (Å²) in [6.45, 7) is 0. The van der Waals surface area contributed by atoms with Gasteiger partial charge in [0.1, 0.15) is 0 Å². The quantitative estimate of drug-likeness (QED) is 0.744. The Kier molecular flexibility index (Phi) is 3.07. The molecule has 0 unspecified atom stereocenters. The van der Waals surface area contributed by atoms with Gasteiger partial charge in [-0.05, 0) is 37.1 Å². The molecule has 3 rings (SSSR count). The van der Waals surface area contributed by atoms with Crippen molar-refractivity contribution in [2.24, 2.45) is 5.41 Å². The van der Waals surface area contributed by atoms with Crippen molar-refractivity contribution < 1.29 is 22.8 Å². The van der Waals surface area contributed by atoms with E-state index < -0.39 is 17.2 Å². The van der Waals surface area contributed by atoms with Crippen molar-refractivity contribution >= 4 is 17.5 Å². The third kappa shape index (κ3) is 2.22. The normalized spacial score (nSPS) is 21.6. The molecule has 3 nitrogen and oxygen atoms in total. The van der Waals surface area contributed by atoms with Crippen molar-refractivity contribution in [2.75, 3.05) is 4.90 Å². The first-order valence-corrected chi connectivity index (χ1v) is 6.88. The summed E-state index contributed by atoms with van der Waals surface area (Å²) in [5.41, 5.74) is -1.18. The van der Waals surface area contributed by atoms with Crippen LogP contribution in [0.25, 0.3) is 0 Å². The van der Waals surface area contributed by atoms with Crippen LogP contribution in [0.4, 0.5) is 18.9 Å². The molecule has 2 amide bonds. The molecule has 6 heteroatoms. The number of imide groups is 1. The van der Waals surface area contributed by atoms with Gasteiger partial charge in [0.15, 0.2) is 0 Å². The maximum Gasteiger partial charge on any atom is 0.416 e. The Morgan fingerprint density at radius 1 is 1.00 bits per heavy atom. The highest BCUT2D eigenvalue weighted by atomic mass is 19.4. The van der Waals surface area contributed by atoms with E-state index in [0.717, 1.165) is 29.9 Å². The van der Waals surface area contributed by atoms with E-state index in [2.05, 4.69) is 0 Å². The van der Waals surface area contributed by atoms with Gasteiger partial charge in [-0.25, -0.2) is 0 Å². The minimum Gasteiger partial charge on any atom is -0.274 e. The Bertz CT molecular complexity index is 586. The fourth-order valence-corrected chi connectivity index (χ4v) is 3.30. The van der Waals surface area contributed by atoms with E-state index >= 15 is 0 Å². The number of anilines is 1. The van der Waals surface area contributed by atoms with Gasteiger partial charge in [0.2, 0.25) is 11.8 Å². The van der Waals surface area contributed by atoms with Crippen LogP contribution in [0.5, 0.6) is 0 Å². The first kappa shape index (κ1) is 14.1. The fraction of sp³-hybridized carbons (Fsp3) is 0.467. The molecule has 112 valence electrons. The molecule has 2 fully saturated rings. The van der Waals surface area contributed by atoms with Crippen molar-refractivity contribution in [1.82, 2.24) is 0 Å². The largest absolute Gasteiger partial charge is 0.416 e. The number of benzene rings is 1. The lowest BCUT2D eigenvalue weighted by atomic mass is 9.84. The molecule has 1 aromatic carbocycles. The summed E-state index contributed by atoms with van der Waals surface area (Å²) < 4.78 is 37.6. The maximum absolute atomic E-state index is 12.5. The second kappa shape index (κ2) is 4.58. The van der Waals surface area contributed by atoms with Gasteiger partial charge in [0, 0.05) is 6.42 Å². The number of hydrogen-bond donors (Lipinski definition) is 0. The van der Waals surface area contributed by atoms with Crippen molar-refractivity contribution in [1.29, 1.82) is 0 Å². The molecule has 1 saturated carbocycles. The smallest absolute Gasteiger partial charge is 0.274 e. The third-order valence-electron chi connectivity index (χ3n) is 4.41. The van der Waals surface area contributed by atoms with Crippen LogP contribution in [0.2, 0.25) is 0 Å². The van der Waals surface area contributed by atoms with Gasteiger partial charge >= 0.3 is 6.18 Å². The molecular weight excluding hydrogens is 283 g/mol. The van der Waals surface area contributed by atoms with Crippen LogP contribution in [0, 0.1) is 5.41 Å². The number of rotatable bonds is 1. The third-order valence-corrected chi connectivity index (χ3v) is 4.41. The summed E-state index contributed by atoms with van der Waals surface area (Å²) in [4.78, 5) is 25.7. The monoisotopic (exact) mass is 297 g/mol. The zero-order chi connectivity index (χ0) is 15.3. The van der Waals surface area contributed by atoms with E-state index in [9.17, 15) is 22.8 Å². The van der Waals surface area contributed by atoms with Gasteiger partial charge in [-0.2, -0.15) is 13.2 Å². The fourth-order valence-electron chi connectivity index (χ4n) is 3.30. The zero-order valence-electron chi connectivity index (χ0n) is 11.2. The van der Waals surface area contributed by atoms with Gasteiger partial charge in [-0.3, -0.25) is 14.5 Å². The van der Waals surface area contributed by atoms with E-state index in [1.54, 1.807) is 0 Å². The predicted molar refractivity (Wildman–Crippen MR) is 69.5 cm³/mol. The number of alkyl halides is 3. The van der Waals surface area contributed by atoms with Crippen LogP contribution >= 0.6 is 0 Å². The summed E-state index contributed by atoms with van der Waals surface area (Å²) in [7, 11) is 0. The molecule has 0 atom stereocenters. The van der Waals surface area contributed by atoms with E-state index in [1.807, 2.05) is 0 Å². The van der Waals surface area contributed by atoms with Crippen LogP contribution in [0.3, 0.4) is 0 Å². The van der Waals surface area contributed by atoms with Crippen LogP contribution < -0.4 is 4.90 Å². The number of hydrogen-bond acceptors (Lipinski definition) is 2.